The van der Waals surface area contributed by atoms with Gasteiger partial charge in [0.1, 0.15) is 0 Å². The van der Waals surface area contributed by atoms with Gasteiger partial charge in [-0.2, -0.15) is 0 Å². The van der Waals surface area contributed by atoms with Gasteiger partial charge in [-0.3, -0.25) is 9.59 Å². The van der Waals surface area contributed by atoms with Crippen LogP contribution in [0, 0.1) is 0 Å². The zero-order valence-electron chi connectivity index (χ0n) is 14.0. The summed E-state index contributed by atoms with van der Waals surface area (Å²) in [5, 5.41) is 15.2. The first kappa shape index (κ1) is 23.1. The lowest BCUT2D eigenvalue weighted by Crippen LogP contribution is -2.07. The van der Waals surface area contributed by atoms with Crippen molar-refractivity contribution < 1.29 is 29.3 Å². The van der Waals surface area contributed by atoms with Crippen LogP contribution >= 0.6 is 0 Å². The second kappa shape index (κ2) is 19.9. The average Bonchev–Trinajstić information content (AvgIpc) is 2.52. The Bertz CT molecular complexity index is 229. The van der Waals surface area contributed by atoms with Gasteiger partial charge in [0.15, 0.2) is 0 Å². The van der Waals surface area contributed by atoms with E-state index in [2.05, 4.69) is 13.8 Å². The lowest BCUT2D eigenvalue weighted by Gasteiger charge is -2.04. The van der Waals surface area contributed by atoms with Crippen LogP contribution in [0.5, 0.6) is 0 Å². The minimum Gasteiger partial charge on any atom is -0.466 e. The van der Waals surface area contributed by atoms with E-state index in [1.165, 1.54) is 0 Å². The van der Waals surface area contributed by atoms with E-state index in [0.29, 0.717) is 38.9 Å². The summed E-state index contributed by atoms with van der Waals surface area (Å²) in [5.74, 6) is -0.328. The lowest BCUT2D eigenvalue weighted by molar-refractivity contribution is -0.146. The van der Waals surface area contributed by atoms with Gasteiger partial charge < -0.3 is 19.7 Å². The fourth-order valence-electron chi connectivity index (χ4n) is 1.34. The van der Waals surface area contributed by atoms with E-state index < -0.39 is 0 Å². The number of aliphatic hydroxyl groups is 2. The zero-order chi connectivity index (χ0) is 17.1. The van der Waals surface area contributed by atoms with E-state index in [9.17, 15) is 9.59 Å². The van der Waals surface area contributed by atoms with Crippen molar-refractivity contribution >= 4 is 11.9 Å². The summed E-state index contributed by atoms with van der Waals surface area (Å²) in [7, 11) is 0. The van der Waals surface area contributed by atoms with E-state index in [1.807, 2.05) is 0 Å². The standard InChI is InChI=1S/C14H26O4.C2H6O2/c1-3-5-11-17-13(15)9-7-8-10-14(16)18-12-6-4-2;3-1-2-4/h3-12H2,1-2H3;3-4H,1-2H2. The number of unbranched alkanes of at least 4 members (excludes halogenated alkanes) is 3. The van der Waals surface area contributed by atoms with E-state index in [-0.39, 0.29) is 25.2 Å². The Balaban J connectivity index is 0. The molecular formula is C16H32O6. The molecule has 0 heterocycles. The number of hydrogen-bond acceptors (Lipinski definition) is 6. The molecule has 0 aromatic carbocycles. The van der Waals surface area contributed by atoms with Crippen molar-refractivity contribution in [2.75, 3.05) is 26.4 Å². The molecule has 0 aromatic heterocycles. The molecule has 0 unspecified atom stereocenters. The lowest BCUT2D eigenvalue weighted by atomic mass is 10.2. The monoisotopic (exact) mass is 320 g/mol. The van der Waals surface area contributed by atoms with Crippen LogP contribution in [0.15, 0.2) is 0 Å². The van der Waals surface area contributed by atoms with Crippen LogP contribution in [0.2, 0.25) is 0 Å². The Kier molecular flexibility index (Phi) is 20.9. The molecule has 0 aliphatic heterocycles. The molecule has 0 atom stereocenters. The Labute approximate surface area is 133 Å². The molecule has 132 valence electrons. The first-order valence-electron chi connectivity index (χ1n) is 8.15. The summed E-state index contributed by atoms with van der Waals surface area (Å²) in [4.78, 5) is 22.5. The average molecular weight is 320 g/mol. The summed E-state index contributed by atoms with van der Waals surface area (Å²) in [5.41, 5.74) is 0. The fraction of sp³-hybridized carbons (Fsp3) is 0.875. The van der Waals surface area contributed by atoms with Crippen LogP contribution in [0.4, 0.5) is 0 Å². The van der Waals surface area contributed by atoms with Crippen molar-refractivity contribution in [1.82, 2.24) is 0 Å². The fourth-order valence-corrected chi connectivity index (χ4v) is 1.34. The molecule has 6 nitrogen and oxygen atoms in total. The second-order valence-corrected chi connectivity index (χ2v) is 4.80. The topological polar surface area (TPSA) is 93.1 Å². The number of aliphatic hydroxyl groups excluding tert-OH is 2. The molecule has 0 saturated carbocycles. The second-order valence-electron chi connectivity index (χ2n) is 4.80. The van der Waals surface area contributed by atoms with Crippen LogP contribution in [0.25, 0.3) is 0 Å². The van der Waals surface area contributed by atoms with Gasteiger partial charge in [-0.1, -0.05) is 26.7 Å². The zero-order valence-corrected chi connectivity index (χ0v) is 14.0. The van der Waals surface area contributed by atoms with E-state index >= 15 is 0 Å². The van der Waals surface area contributed by atoms with Crippen molar-refractivity contribution in [3.8, 4) is 0 Å². The highest BCUT2D eigenvalue weighted by Crippen LogP contribution is 2.04. The smallest absolute Gasteiger partial charge is 0.305 e. The molecular weight excluding hydrogens is 288 g/mol. The number of hydrogen-bond donors (Lipinski definition) is 2. The minimum absolute atomic E-state index is 0.125. The summed E-state index contributed by atoms with van der Waals surface area (Å²) < 4.78 is 10.0. The Morgan fingerprint density at radius 3 is 1.36 bits per heavy atom. The van der Waals surface area contributed by atoms with Gasteiger partial charge >= 0.3 is 11.9 Å². The number of esters is 2. The van der Waals surface area contributed by atoms with Gasteiger partial charge in [-0.05, 0) is 25.7 Å². The third kappa shape index (κ3) is 21.2. The van der Waals surface area contributed by atoms with E-state index in [4.69, 9.17) is 19.7 Å². The maximum Gasteiger partial charge on any atom is 0.305 e. The maximum atomic E-state index is 11.2. The van der Waals surface area contributed by atoms with Gasteiger partial charge in [-0.15, -0.1) is 0 Å². The number of carbonyl (C=O) groups is 2. The normalized spacial score (nSPS) is 9.64. The van der Waals surface area contributed by atoms with Gasteiger partial charge in [0, 0.05) is 12.8 Å². The van der Waals surface area contributed by atoms with Gasteiger partial charge in [0.2, 0.25) is 0 Å². The summed E-state index contributed by atoms with van der Waals surface area (Å²) in [6.45, 7) is 4.87. The SMILES string of the molecule is CCCCOC(=O)CCCCC(=O)OCCCC.OCCO. The number of carbonyl (C=O) groups excluding carboxylic acids is 2. The van der Waals surface area contributed by atoms with Crippen LogP contribution in [0.3, 0.4) is 0 Å². The van der Waals surface area contributed by atoms with Crippen molar-refractivity contribution in [1.29, 1.82) is 0 Å². The van der Waals surface area contributed by atoms with Crippen LogP contribution in [-0.2, 0) is 19.1 Å². The summed E-state index contributed by atoms with van der Waals surface area (Å²) in [6.07, 6.45) is 6.04. The highest BCUT2D eigenvalue weighted by Gasteiger charge is 2.05. The van der Waals surface area contributed by atoms with Gasteiger partial charge in [-0.25, -0.2) is 0 Å². The van der Waals surface area contributed by atoms with Crippen molar-refractivity contribution in [3.05, 3.63) is 0 Å². The molecule has 0 fully saturated rings. The molecule has 0 aromatic rings. The predicted molar refractivity (Wildman–Crippen MR) is 84.4 cm³/mol. The Hall–Kier alpha value is -1.14. The molecule has 0 saturated heterocycles. The third-order valence-electron chi connectivity index (χ3n) is 2.63. The Morgan fingerprint density at radius 2 is 1.09 bits per heavy atom. The molecule has 0 bridgehead atoms. The molecule has 6 heteroatoms. The van der Waals surface area contributed by atoms with Crippen molar-refractivity contribution in [2.24, 2.45) is 0 Å². The van der Waals surface area contributed by atoms with E-state index in [1.54, 1.807) is 0 Å². The summed E-state index contributed by atoms with van der Waals surface area (Å²) in [6, 6.07) is 0. The highest BCUT2D eigenvalue weighted by atomic mass is 16.5. The predicted octanol–water partition coefficient (Wildman–Crippen LogP) is 2.20. The number of ether oxygens (including phenoxy) is 2. The van der Waals surface area contributed by atoms with Crippen molar-refractivity contribution in [3.63, 3.8) is 0 Å². The molecule has 0 aliphatic carbocycles. The van der Waals surface area contributed by atoms with Gasteiger partial charge in [0.05, 0.1) is 26.4 Å². The van der Waals surface area contributed by atoms with Crippen LogP contribution < -0.4 is 0 Å². The largest absolute Gasteiger partial charge is 0.466 e. The molecule has 0 amide bonds. The number of rotatable bonds is 12. The first-order chi connectivity index (χ1) is 10.6. The van der Waals surface area contributed by atoms with Gasteiger partial charge in [0.25, 0.3) is 0 Å². The minimum atomic E-state index is -0.164. The Morgan fingerprint density at radius 1 is 0.727 bits per heavy atom. The quantitative estimate of drug-likeness (QED) is 0.423. The third-order valence-corrected chi connectivity index (χ3v) is 2.63. The van der Waals surface area contributed by atoms with Crippen LogP contribution in [0.1, 0.15) is 65.2 Å². The molecule has 22 heavy (non-hydrogen) atoms. The highest BCUT2D eigenvalue weighted by molar-refractivity contribution is 5.70. The van der Waals surface area contributed by atoms with E-state index in [0.717, 1.165) is 25.7 Å². The van der Waals surface area contributed by atoms with Crippen LogP contribution in [-0.4, -0.2) is 48.6 Å². The molecule has 2 N–H and O–H groups in total. The van der Waals surface area contributed by atoms with Crippen molar-refractivity contribution in [2.45, 2.75) is 65.2 Å². The maximum absolute atomic E-state index is 11.2. The first-order valence-corrected chi connectivity index (χ1v) is 8.15. The molecule has 0 spiro atoms. The molecule has 0 rings (SSSR count). The molecule has 0 aliphatic rings. The molecule has 0 radical (unpaired) electrons. The summed E-state index contributed by atoms with van der Waals surface area (Å²) >= 11 is 0.